The Kier molecular flexibility index (Phi) is 6.69. The predicted octanol–water partition coefficient (Wildman–Crippen LogP) is 3.86. The lowest BCUT2D eigenvalue weighted by Crippen LogP contribution is -2.43. The van der Waals surface area contributed by atoms with E-state index < -0.39 is 10.0 Å². The molecule has 1 unspecified atom stereocenters. The lowest BCUT2D eigenvalue weighted by molar-refractivity contribution is 0.102. The maximum absolute atomic E-state index is 13.6. The molecule has 4 aliphatic rings. The van der Waals surface area contributed by atoms with Gasteiger partial charge in [-0.3, -0.25) is 19.5 Å². The Hall–Kier alpha value is -3.77. The molecule has 12 heteroatoms. The quantitative estimate of drug-likeness (QED) is 0.345. The molecular formula is C30H39N7O4S. The lowest BCUT2D eigenvalue weighted by Gasteiger charge is -2.26. The standard InChI is InChI=1S/C30H39N7O4S/c1-18-7-8-19(13-24(18)37-17-23(33-35-37)25-16-31-28(36(25)4)30(3)11-12-30)27(38)32-21-14-20(29(2)9-10-29)15-22(26(21)41-5)34-42(6,39)40/h7-8,13-15,17,25,33-35H,9-12,16H2,1-6H3,(H,32,38). The Morgan fingerprint density at radius 1 is 1.10 bits per heavy atom. The lowest BCUT2D eigenvalue weighted by atomic mass is 9.96. The van der Waals surface area contributed by atoms with Gasteiger partial charge in [0.15, 0.2) is 5.75 Å². The van der Waals surface area contributed by atoms with E-state index >= 15 is 0 Å². The average Bonchev–Trinajstić information content (AvgIpc) is 3.74. The van der Waals surface area contributed by atoms with Crippen LogP contribution in [0.25, 0.3) is 0 Å². The van der Waals surface area contributed by atoms with Gasteiger partial charge in [0.25, 0.3) is 5.91 Å². The van der Waals surface area contributed by atoms with Gasteiger partial charge in [0.1, 0.15) is 5.84 Å². The van der Waals surface area contributed by atoms with Crippen LogP contribution in [0.2, 0.25) is 0 Å². The molecule has 2 aromatic carbocycles. The molecule has 11 nitrogen and oxygen atoms in total. The van der Waals surface area contributed by atoms with Crippen LogP contribution in [-0.4, -0.2) is 58.1 Å². The first kappa shape index (κ1) is 28.4. The highest BCUT2D eigenvalue weighted by Crippen LogP contribution is 2.51. The number of likely N-dealkylation sites (N-methyl/N-ethyl adjacent to an activating group) is 1. The number of rotatable bonds is 9. The summed E-state index contributed by atoms with van der Waals surface area (Å²) in [7, 11) is -0.00897. The number of aliphatic imine (C=N–C) groups is 1. The molecule has 42 heavy (non-hydrogen) atoms. The number of aryl methyl sites for hydroxylation is 1. The summed E-state index contributed by atoms with van der Waals surface area (Å²) in [5.41, 5.74) is 11.6. The molecule has 224 valence electrons. The number of methoxy groups -OCH3 is 1. The molecule has 0 aromatic heterocycles. The van der Waals surface area contributed by atoms with Crippen molar-refractivity contribution < 1.29 is 17.9 Å². The number of carbonyl (C=O) groups is 1. The molecule has 4 N–H and O–H groups in total. The Bertz CT molecular complexity index is 1630. The van der Waals surface area contributed by atoms with Crippen LogP contribution in [0.4, 0.5) is 17.1 Å². The number of sulfonamides is 1. The van der Waals surface area contributed by atoms with Crippen LogP contribution < -0.4 is 30.7 Å². The molecule has 2 aliphatic carbocycles. The fourth-order valence-electron chi connectivity index (χ4n) is 5.76. The number of hydrogen-bond donors (Lipinski definition) is 4. The topological polar surface area (TPSA) is 127 Å². The molecule has 2 aliphatic heterocycles. The van der Waals surface area contributed by atoms with Gasteiger partial charge in [0.2, 0.25) is 10.0 Å². The van der Waals surface area contributed by atoms with Crippen molar-refractivity contribution >= 4 is 38.8 Å². The molecule has 2 heterocycles. The molecule has 1 amide bonds. The number of nitrogens with one attached hydrogen (secondary N) is 4. The van der Waals surface area contributed by atoms with Crippen LogP contribution in [0, 0.1) is 12.3 Å². The fraction of sp³-hybridized carbons (Fsp3) is 0.467. The SMILES string of the molecule is COc1c(NC(=O)c2ccc(C)c(N3C=C(C4CN=C(C5(C)CC5)N4C)NN3)c2)cc(C2(C)CC2)cc1NS(C)(=O)=O. The van der Waals surface area contributed by atoms with Crippen LogP contribution in [0.15, 0.2) is 47.2 Å². The van der Waals surface area contributed by atoms with Crippen molar-refractivity contribution in [2.45, 2.75) is 57.9 Å². The normalized spacial score (nSPS) is 21.8. The Balaban J connectivity index is 1.25. The summed E-state index contributed by atoms with van der Waals surface area (Å²) in [6.07, 6.45) is 7.45. The molecule has 6 rings (SSSR count). The molecule has 0 radical (unpaired) electrons. The molecule has 0 saturated heterocycles. The van der Waals surface area contributed by atoms with E-state index in [0.29, 0.717) is 23.5 Å². The van der Waals surface area contributed by atoms with Gasteiger partial charge in [-0.05, 0) is 73.4 Å². The second kappa shape index (κ2) is 9.91. The summed E-state index contributed by atoms with van der Waals surface area (Å²) in [6.45, 7) is 7.09. The highest BCUT2D eigenvalue weighted by Gasteiger charge is 2.48. The first-order valence-corrected chi connectivity index (χ1v) is 16.1. The first-order valence-electron chi connectivity index (χ1n) is 14.2. The van der Waals surface area contributed by atoms with Gasteiger partial charge in [-0.1, -0.05) is 19.9 Å². The zero-order valence-corrected chi connectivity index (χ0v) is 25.8. The second-order valence-electron chi connectivity index (χ2n) is 12.5. The molecule has 2 saturated carbocycles. The van der Waals surface area contributed by atoms with Crippen molar-refractivity contribution in [3.63, 3.8) is 0 Å². The summed E-state index contributed by atoms with van der Waals surface area (Å²) in [5.74, 6) is 1.10. The van der Waals surface area contributed by atoms with E-state index in [2.05, 4.69) is 46.8 Å². The van der Waals surface area contributed by atoms with Crippen molar-refractivity contribution in [2.24, 2.45) is 10.4 Å². The van der Waals surface area contributed by atoms with E-state index in [1.54, 1.807) is 12.1 Å². The number of ether oxygens (including phenoxy) is 1. The number of anilines is 3. The van der Waals surface area contributed by atoms with Gasteiger partial charge in [-0.25, -0.2) is 8.42 Å². The minimum Gasteiger partial charge on any atom is -0.492 e. The number of hydrogen-bond acceptors (Lipinski definition) is 9. The largest absolute Gasteiger partial charge is 0.492 e. The van der Waals surface area contributed by atoms with Crippen molar-refractivity contribution in [2.75, 3.05) is 42.0 Å². The number of nitrogens with zero attached hydrogens (tertiary/aromatic N) is 3. The highest BCUT2D eigenvalue weighted by molar-refractivity contribution is 7.92. The Labute approximate surface area is 247 Å². The van der Waals surface area contributed by atoms with Crippen molar-refractivity contribution in [3.05, 3.63) is 58.9 Å². The summed E-state index contributed by atoms with van der Waals surface area (Å²) in [6, 6.07) is 9.30. The number of benzene rings is 2. The third-order valence-electron chi connectivity index (χ3n) is 8.97. The van der Waals surface area contributed by atoms with E-state index in [1.165, 1.54) is 25.8 Å². The summed E-state index contributed by atoms with van der Waals surface area (Å²) in [4.78, 5) is 20.7. The van der Waals surface area contributed by atoms with Gasteiger partial charge in [-0.15, -0.1) is 5.53 Å². The van der Waals surface area contributed by atoms with E-state index in [9.17, 15) is 13.2 Å². The smallest absolute Gasteiger partial charge is 0.255 e. The molecule has 2 fully saturated rings. The monoisotopic (exact) mass is 593 g/mol. The molecule has 1 atom stereocenters. The van der Waals surface area contributed by atoms with Crippen LogP contribution in [0.3, 0.4) is 0 Å². The predicted molar refractivity (Wildman–Crippen MR) is 165 cm³/mol. The number of amidine groups is 1. The molecule has 0 bridgehead atoms. The molecular weight excluding hydrogens is 554 g/mol. The highest BCUT2D eigenvalue weighted by atomic mass is 32.2. The Morgan fingerprint density at radius 3 is 2.43 bits per heavy atom. The number of hydrazine groups is 2. The van der Waals surface area contributed by atoms with E-state index in [4.69, 9.17) is 9.73 Å². The number of carbonyl (C=O) groups excluding carboxylic acids is 1. The van der Waals surface area contributed by atoms with Gasteiger partial charge >= 0.3 is 0 Å². The second-order valence-corrected chi connectivity index (χ2v) is 14.3. The zero-order chi connectivity index (χ0) is 30.0. The summed E-state index contributed by atoms with van der Waals surface area (Å²) < 4.78 is 32.3. The summed E-state index contributed by atoms with van der Waals surface area (Å²) in [5, 5.41) is 4.86. The zero-order valence-electron chi connectivity index (χ0n) is 25.0. The van der Waals surface area contributed by atoms with Gasteiger partial charge in [0.05, 0.1) is 48.7 Å². The van der Waals surface area contributed by atoms with Gasteiger partial charge in [-0.2, -0.15) is 0 Å². The number of amides is 1. The molecule has 0 spiro atoms. The van der Waals surface area contributed by atoms with Crippen LogP contribution in [0.5, 0.6) is 5.75 Å². The minimum atomic E-state index is -3.57. The average molecular weight is 594 g/mol. The van der Waals surface area contributed by atoms with Crippen molar-refractivity contribution in [1.82, 2.24) is 15.9 Å². The third-order valence-corrected chi connectivity index (χ3v) is 9.56. The third kappa shape index (κ3) is 5.29. The fourth-order valence-corrected chi connectivity index (χ4v) is 6.31. The van der Waals surface area contributed by atoms with Crippen LogP contribution >= 0.6 is 0 Å². The summed E-state index contributed by atoms with van der Waals surface area (Å²) >= 11 is 0. The minimum absolute atomic E-state index is 0.0647. The van der Waals surface area contributed by atoms with Crippen molar-refractivity contribution in [1.29, 1.82) is 0 Å². The molecule has 2 aromatic rings. The van der Waals surface area contributed by atoms with Gasteiger partial charge in [0, 0.05) is 24.2 Å². The maximum Gasteiger partial charge on any atom is 0.255 e. The van der Waals surface area contributed by atoms with E-state index in [0.717, 1.165) is 41.6 Å². The maximum atomic E-state index is 13.6. The van der Waals surface area contributed by atoms with E-state index in [1.807, 2.05) is 36.3 Å². The van der Waals surface area contributed by atoms with Crippen LogP contribution in [0.1, 0.15) is 61.0 Å². The first-order chi connectivity index (χ1) is 19.8. The van der Waals surface area contributed by atoms with Crippen LogP contribution in [-0.2, 0) is 15.4 Å². The Morgan fingerprint density at radius 2 is 1.79 bits per heavy atom. The van der Waals surface area contributed by atoms with Gasteiger partial charge < -0.3 is 20.4 Å². The van der Waals surface area contributed by atoms with Crippen molar-refractivity contribution in [3.8, 4) is 5.75 Å². The van der Waals surface area contributed by atoms with E-state index in [-0.39, 0.29) is 28.5 Å².